The Morgan fingerprint density at radius 2 is 1.43 bits per heavy atom. The second-order valence-corrected chi connectivity index (χ2v) is 5.52. The highest BCUT2D eigenvalue weighted by Crippen LogP contribution is 2.27. The quantitative estimate of drug-likeness (QED) is 0.643. The Hall–Kier alpha value is -2.33. The minimum absolute atomic E-state index is 0.250. The third-order valence-corrected chi connectivity index (χ3v) is 3.95. The first-order valence-electron chi connectivity index (χ1n) is 6.36. The molecule has 21 heavy (non-hydrogen) atoms. The molecule has 0 saturated heterocycles. The van der Waals surface area contributed by atoms with Crippen molar-refractivity contribution in [2.75, 3.05) is 0 Å². The Bertz CT molecular complexity index is 758. The second-order valence-electron chi connectivity index (χ2n) is 4.45. The summed E-state index contributed by atoms with van der Waals surface area (Å²) in [5.41, 5.74) is 1.85. The van der Waals surface area contributed by atoms with Crippen molar-refractivity contribution >= 4 is 23.5 Å². The zero-order valence-corrected chi connectivity index (χ0v) is 11.8. The Kier molecular flexibility index (Phi) is 3.88. The highest BCUT2D eigenvalue weighted by molar-refractivity contribution is 7.16. The van der Waals surface area contributed by atoms with Crippen LogP contribution in [-0.2, 0) is 0 Å². The predicted molar refractivity (Wildman–Crippen MR) is 82.8 cm³/mol. The minimum atomic E-state index is -0.250. The predicted octanol–water partition coefficient (Wildman–Crippen LogP) is 5.26. The largest absolute Gasteiger partial charge is 0.245 e. The van der Waals surface area contributed by atoms with Gasteiger partial charge in [-0.1, -0.05) is 30.3 Å². The smallest absolute Gasteiger partial charge is 0.123 e. The zero-order chi connectivity index (χ0) is 14.7. The van der Waals surface area contributed by atoms with Crippen LogP contribution < -0.4 is 0 Å². The molecule has 3 aromatic rings. The first kappa shape index (κ1) is 13.6. The van der Waals surface area contributed by atoms with Gasteiger partial charge in [0, 0.05) is 6.20 Å². The van der Waals surface area contributed by atoms with Crippen LogP contribution in [0.2, 0.25) is 0 Å². The third-order valence-electron chi connectivity index (χ3n) is 2.94. The van der Waals surface area contributed by atoms with E-state index in [4.69, 9.17) is 0 Å². The lowest BCUT2D eigenvalue weighted by molar-refractivity contribution is 0.627. The van der Waals surface area contributed by atoms with Gasteiger partial charge in [0.05, 0.1) is 4.88 Å². The summed E-state index contributed by atoms with van der Waals surface area (Å²) in [5.74, 6) is -0.500. The third kappa shape index (κ3) is 3.41. The molecule has 3 rings (SSSR count). The molecule has 0 atom stereocenters. The fourth-order valence-corrected chi connectivity index (χ4v) is 2.68. The van der Waals surface area contributed by atoms with Crippen LogP contribution in [0.1, 0.15) is 10.6 Å². The maximum atomic E-state index is 12.9. The summed E-state index contributed by atoms with van der Waals surface area (Å²) in [6.45, 7) is 0. The Morgan fingerprint density at radius 3 is 2.10 bits per heavy atom. The minimum Gasteiger partial charge on any atom is -0.245 e. The van der Waals surface area contributed by atoms with E-state index in [0.29, 0.717) is 0 Å². The summed E-state index contributed by atoms with van der Waals surface area (Å²) in [5, 5.41) is 0.846. The number of aromatic nitrogens is 1. The van der Waals surface area contributed by atoms with E-state index in [1.54, 1.807) is 30.5 Å². The van der Waals surface area contributed by atoms with Crippen molar-refractivity contribution in [2.24, 2.45) is 0 Å². The van der Waals surface area contributed by atoms with Crippen LogP contribution in [-0.4, -0.2) is 4.98 Å². The maximum Gasteiger partial charge on any atom is 0.123 e. The highest BCUT2D eigenvalue weighted by Gasteiger charge is 2.02. The molecule has 1 nitrogen and oxygen atoms in total. The van der Waals surface area contributed by atoms with E-state index in [-0.39, 0.29) is 11.6 Å². The Balaban J connectivity index is 1.78. The summed E-state index contributed by atoms with van der Waals surface area (Å²) in [6, 6.07) is 12.6. The van der Waals surface area contributed by atoms with Crippen molar-refractivity contribution < 1.29 is 8.78 Å². The lowest BCUT2D eigenvalue weighted by Crippen LogP contribution is -1.74. The fourth-order valence-electron chi connectivity index (χ4n) is 1.85. The summed E-state index contributed by atoms with van der Waals surface area (Å²) < 4.78 is 25.7. The van der Waals surface area contributed by atoms with Crippen LogP contribution >= 0.6 is 11.3 Å². The molecule has 0 unspecified atom stereocenters. The second kappa shape index (κ2) is 5.97. The normalized spacial score (nSPS) is 11.1. The van der Waals surface area contributed by atoms with Gasteiger partial charge in [0.15, 0.2) is 0 Å². The molecule has 0 fully saturated rings. The van der Waals surface area contributed by atoms with Gasteiger partial charge < -0.3 is 0 Å². The van der Waals surface area contributed by atoms with Crippen LogP contribution in [0.3, 0.4) is 0 Å². The molecule has 0 spiro atoms. The van der Waals surface area contributed by atoms with E-state index in [2.05, 4.69) is 4.98 Å². The van der Waals surface area contributed by atoms with Crippen molar-refractivity contribution in [3.8, 4) is 10.4 Å². The molecule has 4 heteroatoms. The molecule has 0 radical (unpaired) electrons. The van der Waals surface area contributed by atoms with Crippen molar-refractivity contribution in [2.45, 2.75) is 0 Å². The van der Waals surface area contributed by atoms with Crippen molar-refractivity contribution in [1.29, 1.82) is 0 Å². The van der Waals surface area contributed by atoms with Gasteiger partial charge in [-0.05, 0) is 41.5 Å². The van der Waals surface area contributed by atoms with Crippen LogP contribution in [0.25, 0.3) is 22.6 Å². The molecular formula is C17H11F2NS. The molecule has 0 N–H and O–H groups in total. The first-order valence-corrected chi connectivity index (χ1v) is 7.18. The SMILES string of the molecule is Fc1ccc(/C=C/c2ncc(-c3ccc(F)cc3)s2)cc1. The molecule has 0 bridgehead atoms. The van der Waals surface area contributed by atoms with Crippen LogP contribution in [0.15, 0.2) is 54.7 Å². The first-order chi connectivity index (χ1) is 10.2. The van der Waals surface area contributed by atoms with E-state index < -0.39 is 0 Å². The van der Waals surface area contributed by atoms with E-state index in [0.717, 1.165) is 21.0 Å². The van der Waals surface area contributed by atoms with E-state index in [9.17, 15) is 8.78 Å². The topological polar surface area (TPSA) is 12.9 Å². The Morgan fingerprint density at radius 1 is 0.810 bits per heavy atom. The lowest BCUT2D eigenvalue weighted by atomic mass is 10.2. The van der Waals surface area contributed by atoms with Gasteiger partial charge in [0.1, 0.15) is 16.6 Å². The van der Waals surface area contributed by atoms with Crippen LogP contribution in [0, 0.1) is 11.6 Å². The summed E-state index contributed by atoms with van der Waals surface area (Å²) in [7, 11) is 0. The van der Waals surface area contributed by atoms with Gasteiger partial charge in [-0.15, -0.1) is 11.3 Å². The lowest BCUT2D eigenvalue weighted by Gasteiger charge is -1.94. The molecule has 0 aliphatic carbocycles. The summed E-state index contributed by atoms with van der Waals surface area (Å²) in [6.07, 6.45) is 5.53. The van der Waals surface area contributed by atoms with Crippen molar-refractivity contribution in [3.05, 3.63) is 76.9 Å². The molecule has 0 aliphatic rings. The summed E-state index contributed by atoms with van der Waals surface area (Å²) >= 11 is 1.52. The van der Waals surface area contributed by atoms with E-state index in [1.807, 2.05) is 12.2 Å². The number of hydrogen-bond acceptors (Lipinski definition) is 2. The standard InChI is InChI=1S/C17H11F2NS/c18-14-6-1-12(2-7-14)3-10-17-20-11-16(21-17)13-4-8-15(19)9-5-13/h1-11H/b10-3+. The van der Waals surface area contributed by atoms with Gasteiger partial charge in [-0.3, -0.25) is 0 Å². The molecule has 0 saturated carbocycles. The van der Waals surface area contributed by atoms with E-state index in [1.165, 1.54) is 35.6 Å². The average molecular weight is 299 g/mol. The van der Waals surface area contributed by atoms with Gasteiger partial charge in [0.2, 0.25) is 0 Å². The average Bonchev–Trinajstić information content (AvgIpc) is 2.96. The van der Waals surface area contributed by atoms with Crippen LogP contribution in [0.4, 0.5) is 8.78 Å². The molecular weight excluding hydrogens is 288 g/mol. The van der Waals surface area contributed by atoms with E-state index >= 15 is 0 Å². The zero-order valence-electron chi connectivity index (χ0n) is 11.0. The number of benzene rings is 2. The van der Waals surface area contributed by atoms with Gasteiger partial charge in [0.25, 0.3) is 0 Å². The number of thiazole rings is 1. The molecule has 0 aliphatic heterocycles. The number of nitrogens with zero attached hydrogens (tertiary/aromatic N) is 1. The monoisotopic (exact) mass is 299 g/mol. The summed E-state index contributed by atoms with van der Waals surface area (Å²) in [4.78, 5) is 5.29. The number of hydrogen-bond donors (Lipinski definition) is 0. The number of halogens is 2. The molecule has 1 heterocycles. The van der Waals surface area contributed by atoms with Crippen LogP contribution in [0.5, 0.6) is 0 Å². The van der Waals surface area contributed by atoms with Crippen molar-refractivity contribution in [1.82, 2.24) is 4.98 Å². The molecule has 104 valence electrons. The molecule has 2 aromatic carbocycles. The maximum absolute atomic E-state index is 12.9. The Labute approximate surface area is 125 Å². The fraction of sp³-hybridized carbons (Fsp3) is 0. The van der Waals surface area contributed by atoms with Gasteiger partial charge >= 0.3 is 0 Å². The molecule has 0 amide bonds. The van der Waals surface area contributed by atoms with Crippen molar-refractivity contribution in [3.63, 3.8) is 0 Å². The van der Waals surface area contributed by atoms with Gasteiger partial charge in [-0.25, -0.2) is 13.8 Å². The molecule has 1 aromatic heterocycles. The number of rotatable bonds is 3. The van der Waals surface area contributed by atoms with Gasteiger partial charge in [-0.2, -0.15) is 0 Å². The highest BCUT2D eigenvalue weighted by atomic mass is 32.1.